The molecule has 0 saturated carbocycles. The van der Waals surface area contributed by atoms with E-state index in [4.69, 9.17) is 0 Å². The van der Waals surface area contributed by atoms with E-state index >= 15 is 0 Å². The average Bonchev–Trinajstić information content (AvgIpc) is 2.42. The zero-order valence-electron chi connectivity index (χ0n) is 10.5. The molecule has 1 atom stereocenters. The summed E-state index contributed by atoms with van der Waals surface area (Å²) in [6.07, 6.45) is 3.17. The quantitative estimate of drug-likeness (QED) is 0.899. The fraction of sp³-hybridized carbons (Fsp3) is 0.267. The van der Waals surface area contributed by atoms with Crippen LogP contribution in [0.3, 0.4) is 0 Å². The highest BCUT2D eigenvalue weighted by atomic mass is 19.1. The fourth-order valence-electron chi connectivity index (χ4n) is 2.54. The Morgan fingerprint density at radius 2 is 2.16 bits per heavy atom. The maximum atomic E-state index is 13.2. The Labute approximate surface area is 111 Å². The normalized spacial score (nSPS) is 18.2. The van der Waals surface area contributed by atoms with Crippen LogP contribution in [0, 0.1) is 5.82 Å². The molecule has 0 amide bonds. The SMILES string of the molecule is OC1CCN(Cc2cncc(F)c2)c2ccccc21. The molecule has 0 bridgehead atoms. The predicted octanol–water partition coefficient (Wildman–Crippen LogP) is 2.66. The lowest BCUT2D eigenvalue weighted by Gasteiger charge is -2.33. The van der Waals surface area contributed by atoms with Crippen molar-refractivity contribution in [2.75, 3.05) is 11.4 Å². The van der Waals surface area contributed by atoms with Gasteiger partial charge in [0.1, 0.15) is 5.82 Å². The van der Waals surface area contributed by atoms with E-state index in [0.717, 1.165) is 23.4 Å². The first kappa shape index (κ1) is 12.1. The van der Waals surface area contributed by atoms with Crippen molar-refractivity contribution < 1.29 is 9.50 Å². The van der Waals surface area contributed by atoms with Gasteiger partial charge in [0.2, 0.25) is 0 Å². The number of hydrogen-bond acceptors (Lipinski definition) is 3. The number of benzene rings is 1. The highest BCUT2D eigenvalue weighted by molar-refractivity contribution is 5.56. The number of aromatic nitrogens is 1. The number of rotatable bonds is 2. The minimum atomic E-state index is -0.405. The summed E-state index contributed by atoms with van der Waals surface area (Å²) in [4.78, 5) is 6.02. The first-order valence-electron chi connectivity index (χ1n) is 6.35. The van der Waals surface area contributed by atoms with Gasteiger partial charge in [-0.05, 0) is 24.1 Å². The van der Waals surface area contributed by atoms with E-state index in [2.05, 4.69) is 9.88 Å². The minimum Gasteiger partial charge on any atom is -0.388 e. The van der Waals surface area contributed by atoms with Gasteiger partial charge in [0.05, 0.1) is 12.3 Å². The Balaban J connectivity index is 1.89. The van der Waals surface area contributed by atoms with Crippen LogP contribution >= 0.6 is 0 Å². The van der Waals surface area contributed by atoms with Crippen LogP contribution in [0.2, 0.25) is 0 Å². The van der Waals surface area contributed by atoms with E-state index in [9.17, 15) is 9.50 Å². The summed E-state index contributed by atoms with van der Waals surface area (Å²) in [5.41, 5.74) is 2.80. The van der Waals surface area contributed by atoms with Gasteiger partial charge in [-0.1, -0.05) is 18.2 Å². The molecule has 0 radical (unpaired) electrons. The molecule has 3 nitrogen and oxygen atoms in total. The summed E-state index contributed by atoms with van der Waals surface area (Å²) in [7, 11) is 0. The van der Waals surface area contributed by atoms with Gasteiger partial charge in [-0.15, -0.1) is 0 Å². The highest BCUT2D eigenvalue weighted by Gasteiger charge is 2.22. The van der Waals surface area contributed by atoms with Gasteiger partial charge in [0.15, 0.2) is 0 Å². The summed E-state index contributed by atoms with van der Waals surface area (Å²) in [5.74, 6) is -0.317. The van der Waals surface area contributed by atoms with Crippen molar-refractivity contribution in [3.63, 3.8) is 0 Å². The third-order valence-corrected chi connectivity index (χ3v) is 3.44. The van der Waals surface area contributed by atoms with Gasteiger partial charge in [0, 0.05) is 30.5 Å². The molecular formula is C15H15FN2O. The first-order valence-corrected chi connectivity index (χ1v) is 6.35. The Hall–Kier alpha value is -1.94. The zero-order valence-corrected chi connectivity index (χ0v) is 10.5. The average molecular weight is 258 g/mol. The molecule has 19 heavy (non-hydrogen) atoms. The Morgan fingerprint density at radius 1 is 1.32 bits per heavy atom. The Bertz CT molecular complexity index is 588. The summed E-state index contributed by atoms with van der Waals surface area (Å²) in [6.45, 7) is 1.36. The minimum absolute atomic E-state index is 0.317. The van der Waals surface area contributed by atoms with Crippen LogP contribution in [0.15, 0.2) is 42.7 Å². The maximum absolute atomic E-state index is 13.2. The molecule has 98 valence electrons. The maximum Gasteiger partial charge on any atom is 0.141 e. The largest absolute Gasteiger partial charge is 0.388 e. The molecule has 4 heteroatoms. The van der Waals surface area contributed by atoms with Crippen LogP contribution in [0.25, 0.3) is 0 Å². The summed E-state index contributed by atoms with van der Waals surface area (Å²) < 4.78 is 13.2. The van der Waals surface area contributed by atoms with Crippen LogP contribution in [0.1, 0.15) is 23.7 Å². The zero-order chi connectivity index (χ0) is 13.2. The van der Waals surface area contributed by atoms with Crippen molar-refractivity contribution in [1.29, 1.82) is 0 Å². The molecule has 0 spiro atoms. The van der Waals surface area contributed by atoms with E-state index in [-0.39, 0.29) is 5.82 Å². The molecule has 1 N–H and O–H groups in total. The van der Waals surface area contributed by atoms with Crippen LogP contribution in [-0.4, -0.2) is 16.6 Å². The standard InChI is InChI=1S/C15H15FN2O/c16-12-7-11(8-17-9-12)10-18-6-5-15(19)13-3-1-2-4-14(13)18/h1-4,7-9,15,19H,5-6,10H2. The first-order chi connectivity index (χ1) is 9.24. The molecule has 0 aliphatic carbocycles. The van der Waals surface area contributed by atoms with E-state index in [1.807, 2.05) is 24.3 Å². The highest BCUT2D eigenvalue weighted by Crippen LogP contribution is 2.34. The molecule has 1 aromatic carbocycles. The van der Waals surface area contributed by atoms with Crippen LogP contribution < -0.4 is 4.90 Å². The molecule has 0 fully saturated rings. The number of aliphatic hydroxyl groups excluding tert-OH is 1. The van der Waals surface area contributed by atoms with Gasteiger partial charge >= 0.3 is 0 Å². The lowest BCUT2D eigenvalue weighted by Crippen LogP contribution is -2.30. The number of nitrogens with zero attached hydrogens (tertiary/aromatic N) is 2. The lowest BCUT2D eigenvalue weighted by atomic mass is 9.98. The fourth-order valence-corrected chi connectivity index (χ4v) is 2.54. The second-order valence-corrected chi connectivity index (χ2v) is 4.80. The van der Waals surface area contributed by atoms with Gasteiger partial charge in [-0.3, -0.25) is 4.98 Å². The van der Waals surface area contributed by atoms with Crippen molar-refractivity contribution in [1.82, 2.24) is 4.98 Å². The molecule has 2 heterocycles. The molecule has 1 aliphatic rings. The number of pyridine rings is 1. The number of fused-ring (bicyclic) bond motifs is 1. The van der Waals surface area contributed by atoms with Crippen molar-refractivity contribution >= 4 is 5.69 Å². The van der Waals surface area contributed by atoms with Gasteiger partial charge in [-0.2, -0.15) is 0 Å². The van der Waals surface area contributed by atoms with Crippen molar-refractivity contribution in [2.45, 2.75) is 19.1 Å². The van der Waals surface area contributed by atoms with Gasteiger partial charge < -0.3 is 10.0 Å². The molecular weight excluding hydrogens is 243 g/mol. The number of aliphatic hydroxyl groups is 1. The van der Waals surface area contributed by atoms with Crippen molar-refractivity contribution in [3.05, 3.63) is 59.7 Å². The third-order valence-electron chi connectivity index (χ3n) is 3.44. The van der Waals surface area contributed by atoms with E-state index in [0.29, 0.717) is 13.0 Å². The van der Waals surface area contributed by atoms with E-state index in [1.54, 1.807) is 6.20 Å². The predicted molar refractivity (Wildman–Crippen MR) is 71.3 cm³/mol. The molecule has 1 aromatic heterocycles. The second kappa shape index (κ2) is 4.97. The summed E-state index contributed by atoms with van der Waals surface area (Å²) in [5, 5.41) is 9.99. The summed E-state index contributed by atoms with van der Waals surface area (Å²) >= 11 is 0. The lowest BCUT2D eigenvalue weighted by molar-refractivity contribution is 0.164. The Kier molecular flexibility index (Phi) is 3.17. The van der Waals surface area contributed by atoms with E-state index in [1.165, 1.54) is 12.3 Å². The second-order valence-electron chi connectivity index (χ2n) is 4.80. The van der Waals surface area contributed by atoms with Crippen molar-refractivity contribution in [3.8, 4) is 0 Å². The van der Waals surface area contributed by atoms with Crippen molar-refractivity contribution in [2.24, 2.45) is 0 Å². The Morgan fingerprint density at radius 3 is 3.00 bits per heavy atom. The van der Waals surface area contributed by atoms with Crippen LogP contribution in [0.5, 0.6) is 0 Å². The van der Waals surface area contributed by atoms with Crippen LogP contribution in [0.4, 0.5) is 10.1 Å². The van der Waals surface area contributed by atoms with Crippen LogP contribution in [-0.2, 0) is 6.54 Å². The molecule has 1 unspecified atom stereocenters. The smallest absolute Gasteiger partial charge is 0.141 e. The number of hydrogen-bond donors (Lipinski definition) is 1. The molecule has 2 aromatic rings. The van der Waals surface area contributed by atoms with Gasteiger partial charge in [0.25, 0.3) is 0 Å². The van der Waals surface area contributed by atoms with Gasteiger partial charge in [-0.25, -0.2) is 4.39 Å². The monoisotopic (exact) mass is 258 g/mol. The third kappa shape index (κ3) is 2.44. The molecule has 1 aliphatic heterocycles. The topological polar surface area (TPSA) is 36.4 Å². The molecule has 3 rings (SSSR count). The molecule has 0 saturated heterocycles. The summed E-state index contributed by atoms with van der Waals surface area (Å²) in [6, 6.07) is 9.31. The number of para-hydroxylation sites is 1. The van der Waals surface area contributed by atoms with E-state index < -0.39 is 6.10 Å². The number of anilines is 1. The number of halogens is 1.